The fourth-order valence-electron chi connectivity index (χ4n) is 1.63. The second-order valence-corrected chi connectivity index (χ2v) is 3.76. The molecule has 0 spiro atoms. The van der Waals surface area contributed by atoms with E-state index >= 15 is 0 Å². The van der Waals surface area contributed by atoms with Crippen LogP contribution in [0.25, 0.3) is 5.69 Å². The molecule has 15 heavy (non-hydrogen) atoms. The van der Waals surface area contributed by atoms with Crippen LogP contribution < -0.4 is 0 Å². The molecule has 76 valence electrons. The van der Waals surface area contributed by atoms with Gasteiger partial charge in [-0.3, -0.25) is 4.79 Å². The molecule has 2 nitrogen and oxygen atoms in total. The summed E-state index contributed by atoms with van der Waals surface area (Å²) in [5.74, 6) is 0. The average molecular weight is 199 g/mol. The van der Waals surface area contributed by atoms with Crippen molar-refractivity contribution in [1.82, 2.24) is 4.57 Å². The highest BCUT2D eigenvalue weighted by Gasteiger charge is 2.01. The van der Waals surface area contributed by atoms with Crippen molar-refractivity contribution in [3.8, 4) is 5.69 Å². The van der Waals surface area contributed by atoms with Gasteiger partial charge < -0.3 is 4.57 Å². The lowest BCUT2D eigenvalue weighted by Gasteiger charge is -2.07. The van der Waals surface area contributed by atoms with E-state index in [1.807, 2.05) is 23.0 Å². The topological polar surface area (TPSA) is 22.0 Å². The summed E-state index contributed by atoms with van der Waals surface area (Å²) in [6, 6.07) is 8.10. The molecular formula is C13H13NO. The van der Waals surface area contributed by atoms with Crippen molar-refractivity contribution in [2.24, 2.45) is 0 Å². The monoisotopic (exact) mass is 199 g/mol. The van der Waals surface area contributed by atoms with Crippen LogP contribution in [-0.4, -0.2) is 10.9 Å². The van der Waals surface area contributed by atoms with Crippen molar-refractivity contribution in [2.75, 3.05) is 0 Å². The van der Waals surface area contributed by atoms with Gasteiger partial charge in [-0.2, -0.15) is 0 Å². The summed E-state index contributed by atoms with van der Waals surface area (Å²) in [6.07, 6.45) is 4.61. The molecule has 1 aromatic heterocycles. The lowest BCUT2D eigenvalue weighted by molar-refractivity contribution is 0.112. The summed E-state index contributed by atoms with van der Waals surface area (Å²) in [6.45, 7) is 4.13. The molecule has 0 N–H and O–H groups in total. The number of hydrogen-bond acceptors (Lipinski definition) is 1. The van der Waals surface area contributed by atoms with Gasteiger partial charge in [-0.15, -0.1) is 0 Å². The quantitative estimate of drug-likeness (QED) is 0.681. The largest absolute Gasteiger partial charge is 0.323 e. The summed E-state index contributed by atoms with van der Waals surface area (Å²) in [7, 11) is 0. The third-order valence-corrected chi connectivity index (χ3v) is 2.49. The molecule has 2 heteroatoms. The Morgan fingerprint density at radius 2 is 2.00 bits per heavy atom. The lowest BCUT2D eigenvalue weighted by Crippen LogP contribution is -1.94. The second kappa shape index (κ2) is 3.73. The maximum Gasteiger partial charge on any atom is 0.151 e. The van der Waals surface area contributed by atoms with E-state index in [1.165, 1.54) is 11.1 Å². The number of carbonyl (C=O) groups is 1. The Bertz CT molecular complexity index is 497. The highest BCUT2D eigenvalue weighted by Crippen LogP contribution is 2.16. The first-order chi connectivity index (χ1) is 7.20. The minimum atomic E-state index is 0.705. The average Bonchev–Trinajstić information content (AvgIpc) is 2.70. The number of benzene rings is 1. The van der Waals surface area contributed by atoms with Gasteiger partial charge in [0.1, 0.15) is 0 Å². The molecule has 0 unspecified atom stereocenters. The van der Waals surface area contributed by atoms with E-state index in [-0.39, 0.29) is 0 Å². The summed E-state index contributed by atoms with van der Waals surface area (Å²) in [5, 5.41) is 0. The fourth-order valence-corrected chi connectivity index (χ4v) is 1.63. The molecule has 0 saturated carbocycles. The van der Waals surface area contributed by atoms with E-state index in [2.05, 4.69) is 32.0 Å². The summed E-state index contributed by atoms with van der Waals surface area (Å²) < 4.78 is 1.98. The van der Waals surface area contributed by atoms with Crippen LogP contribution >= 0.6 is 0 Å². The van der Waals surface area contributed by atoms with E-state index in [4.69, 9.17) is 0 Å². The second-order valence-electron chi connectivity index (χ2n) is 3.76. The van der Waals surface area contributed by atoms with E-state index in [1.54, 1.807) is 0 Å². The predicted octanol–water partition coefficient (Wildman–Crippen LogP) is 2.91. The highest BCUT2D eigenvalue weighted by atomic mass is 16.1. The van der Waals surface area contributed by atoms with Crippen LogP contribution in [0.4, 0.5) is 0 Å². The van der Waals surface area contributed by atoms with E-state index < -0.39 is 0 Å². The maximum atomic E-state index is 10.6. The van der Waals surface area contributed by atoms with Crippen molar-refractivity contribution >= 4 is 6.29 Å². The molecule has 0 aliphatic heterocycles. The van der Waals surface area contributed by atoms with Gasteiger partial charge in [-0.25, -0.2) is 0 Å². The van der Waals surface area contributed by atoms with Crippen molar-refractivity contribution in [2.45, 2.75) is 13.8 Å². The Hall–Kier alpha value is -1.83. The Morgan fingerprint density at radius 1 is 1.20 bits per heavy atom. The molecule has 1 heterocycles. The Kier molecular flexibility index (Phi) is 2.42. The first kappa shape index (κ1) is 9.71. The van der Waals surface area contributed by atoms with Crippen molar-refractivity contribution in [1.29, 1.82) is 0 Å². The molecule has 0 aliphatic rings. The number of hydrogen-bond donors (Lipinski definition) is 0. The first-order valence-corrected chi connectivity index (χ1v) is 4.91. The van der Waals surface area contributed by atoms with E-state index in [0.717, 1.165) is 12.0 Å². The first-order valence-electron chi connectivity index (χ1n) is 4.91. The van der Waals surface area contributed by atoms with Crippen LogP contribution in [0.15, 0.2) is 36.7 Å². The van der Waals surface area contributed by atoms with Crippen LogP contribution in [0.1, 0.15) is 21.5 Å². The van der Waals surface area contributed by atoms with Gasteiger partial charge in [0.15, 0.2) is 6.29 Å². The molecule has 0 saturated heterocycles. The zero-order valence-electron chi connectivity index (χ0n) is 8.90. The van der Waals surface area contributed by atoms with Gasteiger partial charge in [0.05, 0.1) is 0 Å². The van der Waals surface area contributed by atoms with Gasteiger partial charge in [0, 0.05) is 23.6 Å². The highest BCUT2D eigenvalue weighted by molar-refractivity contribution is 5.74. The molecule has 0 atom stereocenters. The predicted molar refractivity (Wildman–Crippen MR) is 60.6 cm³/mol. The van der Waals surface area contributed by atoms with Gasteiger partial charge >= 0.3 is 0 Å². The van der Waals surface area contributed by atoms with Crippen LogP contribution in [0.2, 0.25) is 0 Å². The third kappa shape index (κ3) is 1.84. The Labute approximate surface area is 89.2 Å². The van der Waals surface area contributed by atoms with Crippen molar-refractivity contribution in [3.63, 3.8) is 0 Å². The van der Waals surface area contributed by atoms with Gasteiger partial charge in [-0.05, 0) is 37.1 Å². The molecule has 0 amide bonds. The zero-order valence-corrected chi connectivity index (χ0v) is 8.90. The van der Waals surface area contributed by atoms with E-state index in [9.17, 15) is 4.79 Å². The number of aromatic nitrogens is 1. The Morgan fingerprint density at radius 3 is 2.67 bits per heavy atom. The molecular weight excluding hydrogens is 186 g/mol. The molecule has 0 bridgehead atoms. The number of rotatable bonds is 2. The molecule has 0 radical (unpaired) electrons. The van der Waals surface area contributed by atoms with Gasteiger partial charge in [0.2, 0.25) is 0 Å². The number of aryl methyl sites for hydroxylation is 2. The van der Waals surface area contributed by atoms with Crippen LogP contribution in [0.3, 0.4) is 0 Å². The molecule has 0 aliphatic carbocycles. The van der Waals surface area contributed by atoms with Crippen LogP contribution in [-0.2, 0) is 0 Å². The minimum absolute atomic E-state index is 0.705. The molecule has 0 fully saturated rings. The number of aldehydes is 1. The number of nitrogens with zero attached hydrogens (tertiary/aromatic N) is 1. The summed E-state index contributed by atoms with van der Waals surface area (Å²) in [4.78, 5) is 10.6. The fraction of sp³-hybridized carbons (Fsp3) is 0.154. The lowest BCUT2D eigenvalue weighted by atomic mass is 10.1. The zero-order chi connectivity index (χ0) is 10.8. The van der Waals surface area contributed by atoms with Crippen molar-refractivity contribution < 1.29 is 4.79 Å². The van der Waals surface area contributed by atoms with Gasteiger partial charge in [0.25, 0.3) is 0 Å². The molecule has 2 rings (SSSR count). The normalized spacial score (nSPS) is 10.3. The van der Waals surface area contributed by atoms with Crippen LogP contribution in [0.5, 0.6) is 0 Å². The molecule has 1 aromatic carbocycles. The van der Waals surface area contributed by atoms with E-state index in [0.29, 0.717) is 5.56 Å². The van der Waals surface area contributed by atoms with Gasteiger partial charge in [-0.1, -0.05) is 12.1 Å². The Balaban J connectivity index is 2.52. The number of carbonyl (C=O) groups excluding carboxylic acids is 1. The van der Waals surface area contributed by atoms with Crippen molar-refractivity contribution in [3.05, 3.63) is 53.3 Å². The third-order valence-electron chi connectivity index (χ3n) is 2.49. The summed E-state index contributed by atoms with van der Waals surface area (Å²) >= 11 is 0. The van der Waals surface area contributed by atoms with Crippen LogP contribution in [0, 0.1) is 13.8 Å². The SMILES string of the molecule is Cc1ccc(C)c(-n2ccc(C=O)c2)c1. The smallest absolute Gasteiger partial charge is 0.151 e. The summed E-state index contributed by atoms with van der Waals surface area (Å²) in [5.41, 5.74) is 4.25. The standard InChI is InChI=1S/C13H13NO/c1-10-3-4-11(2)13(7-10)14-6-5-12(8-14)9-15/h3-9H,1-2H3. The minimum Gasteiger partial charge on any atom is -0.323 e. The molecule has 2 aromatic rings. The maximum absolute atomic E-state index is 10.6.